The van der Waals surface area contributed by atoms with Gasteiger partial charge < -0.3 is 19.9 Å². The lowest BCUT2D eigenvalue weighted by Gasteiger charge is -2.13. The van der Waals surface area contributed by atoms with Crippen molar-refractivity contribution in [2.24, 2.45) is 0 Å². The van der Waals surface area contributed by atoms with Gasteiger partial charge in [0, 0.05) is 25.8 Å². The molecule has 1 atom stereocenters. The van der Waals surface area contributed by atoms with Crippen LogP contribution in [0.15, 0.2) is 18.2 Å². The number of aliphatic hydroxyl groups excluding tert-OH is 1. The fourth-order valence-electron chi connectivity index (χ4n) is 1.69. The van der Waals surface area contributed by atoms with E-state index in [-0.39, 0.29) is 24.7 Å². The summed E-state index contributed by atoms with van der Waals surface area (Å²) in [6.07, 6.45) is -0.822. The summed E-state index contributed by atoms with van der Waals surface area (Å²) in [4.78, 5) is 10.6. The zero-order valence-electron chi connectivity index (χ0n) is 12.5. The minimum Gasteiger partial charge on any atom is -0.484 e. The van der Waals surface area contributed by atoms with E-state index in [2.05, 4.69) is 5.32 Å². The molecule has 118 valence electrons. The first kappa shape index (κ1) is 17.4. The summed E-state index contributed by atoms with van der Waals surface area (Å²) in [6.45, 7) is 4.61. The molecular formula is C14H22N2O5. The van der Waals surface area contributed by atoms with E-state index in [0.29, 0.717) is 12.6 Å². The van der Waals surface area contributed by atoms with Crippen LogP contribution >= 0.6 is 0 Å². The molecule has 0 aliphatic rings. The van der Waals surface area contributed by atoms with Gasteiger partial charge in [-0.3, -0.25) is 10.1 Å². The summed E-state index contributed by atoms with van der Waals surface area (Å²) in [6, 6.07) is 5.09. The Morgan fingerprint density at radius 2 is 2.10 bits per heavy atom. The van der Waals surface area contributed by atoms with E-state index >= 15 is 0 Å². The molecule has 0 spiro atoms. The number of rotatable bonds is 9. The molecule has 1 rings (SSSR count). The first-order valence-electron chi connectivity index (χ1n) is 6.74. The molecule has 21 heavy (non-hydrogen) atoms. The Labute approximate surface area is 124 Å². The summed E-state index contributed by atoms with van der Waals surface area (Å²) >= 11 is 0. The average molecular weight is 298 g/mol. The molecule has 2 N–H and O–H groups in total. The monoisotopic (exact) mass is 298 g/mol. The zero-order valence-corrected chi connectivity index (χ0v) is 12.5. The van der Waals surface area contributed by atoms with Crippen molar-refractivity contribution in [1.29, 1.82) is 0 Å². The Morgan fingerprint density at radius 1 is 1.38 bits per heavy atom. The van der Waals surface area contributed by atoms with Crippen molar-refractivity contribution in [3.05, 3.63) is 33.9 Å². The first-order valence-corrected chi connectivity index (χ1v) is 6.74. The van der Waals surface area contributed by atoms with Crippen molar-refractivity contribution in [2.75, 3.05) is 20.3 Å². The van der Waals surface area contributed by atoms with Crippen LogP contribution in [0, 0.1) is 10.1 Å². The van der Waals surface area contributed by atoms with Crippen LogP contribution in [0.2, 0.25) is 0 Å². The summed E-state index contributed by atoms with van der Waals surface area (Å²) in [5.41, 5.74) is 0.697. The van der Waals surface area contributed by atoms with Crippen LogP contribution in [0.1, 0.15) is 19.4 Å². The van der Waals surface area contributed by atoms with Gasteiger partial charge in [-0.25, -0.2) is 0 Å². The summed E-state index contributed by atoms with van der Waals surface area (Å²) < 4.78 is 10.1. The quantitative estimate of drug-likeness (QED) is 0.530. The van der Waals surface area contributed by atoms with Gasteiger partial charge in [0.05, 0.1) is 11.5 Å². The van der Waals surface area contributed by atoms with E-state index in [1.165, 1.54) is 13.2 Å². The molecule has 7 nitrogen and oxygen atoms in total. The number of nitrogens with one attached hydrogen (secondary N) is 1. The number of nitro groups is 1. The number of nitro benzene ring substituents is 1. The summed E-state index contributed by atoms with van der Waals surface area (Å²) in [7, 11) is 1.46. The van der Waals surface area contributed by atoms with Crippen LogP contribution in [0.25, 0.3) is 0 Å². The SMILES string of the molecule is COCC(O)COc1ccc(CNC(C)C)cc1[N+](=O)[O-]. The molecule has 0 radical (unpaired) electrons. The molecule has 1 aromatic rings. The largest absolute Gasteiger partial charge is 0.484 e. The van der Waals surface area contributed by atoms with E-state index in [9.17, 15) is 15.2 Å². The van der Waals surface area contributed by atoms with Crippen LogP contribution in [0.3, 0.4) is 0 Å². The molecule has 0 saturated heterocycles. The Hall–Kier alpha value is -1.70. The third-order valence-electron chi connectivity index (χ3n) is 2.72. The highest BCUT2D eigenvalue weighted by Gasteiger charge is 2.17. The van der Waals surface area contributed by atoms with Gasteiger partial charge >= 0.3 is 5.69 Å². The van der Waals surface area contributed by atoms with Crippen molar-refractivity contribution in [1.82, 2.24) is 5.32 Å². The predicted molar refractivity (Wildman–Crippen MR) is 78.4 cm³/mol. The number of hydrogen-bond acceptors (Lipinski definition) is 6. The second-order valence-corrected chi connectivity index (χ2v) is 5.01. The second kappa shape index (κ2) is 8.56. The highest BCUT2D eigenvalue weighted by atomic mass is 16.6. The third kappa shape index (κ3) is 6.07. The molecule has 0 fully saturated rings. The molecule has 0 bridgehead atoms. The van der Waals surface area contributed by atoms with Crippen molar-refractivity contribution in [3.8, 4) is 5.75 Å². The highest BCUT2D eigenvalue weighted by Crippen LogP contribution is 2.28. The molecule has 0 amide bonds. The van der Waals surface area contributed by atoms with E-state index in [4.69, 9.17) is 9.47 Å². The summed E-state index contributed by atoms with van der Waals surface area (Å²) in [5.74, 6) is 0.142. The number of benzene rings is 1. The minimum atomic E-state index is -0.822. The standard InChI is InChI=1S/C14H22N2O5/c1-10(2)15-7-11-4-5-14(13(6-11)16(18)19)21-9-12(17)8-20-3/h4-6,10,12,15,17H,7-9H2,1-3H3. The van der Waals surface area contributed by atoms with Crippen molar-refractivity contribution in [2.45, 2.75) is 32.5 Å². The van der Waals surface area contributed by atoms with Gasteiger partial charge in [0.2, 0.25) is 0 Å². The van der Waals surface area contributed by atoms with Crippen molar-refractivity contribution >= 4 is 5.69 Å². The number of aliphatic hydroxyl groups is 1. The number of ether oxygens (including phenoxy) is 2. The van der Waals surface area contributed by atoms with Gasteiger partial charge in [-0.15, -0.1) is 0 Å². The average Bonchev–Trinajstić information content (AvgIpc) is 2.43. The minimum absolute atomic E-state index is 0.0573. The number of hydrogen-bond donors (Lipinski definition) is 2. The molecule has 0 saturated carbocycles. The molecule has 1 aromatic carbocycles. The van der Waals surface area contributed by atoms with Gasteiger partial charge in [-0.2, -0.15) is 0 Å². The maximum absolute atomic E-state index is 11.1. The lowest BCUT2D eigenvalue weighted by Crippen LogP contribution is -2.23. The van der Waals surface area contributed by atoms with Gasteiger partial charge in [0.15, 0.2) is 5.75 Å². The van der Waals surface area contributed by atoms with Gasteiger partial charge in [-0.05, 0) is 11.6 Å². The fraction of sp³-hybridized carbons (Fsp3) is 0.571. The molecule has 0 aromatic heterocycles. The van der Waals surface area contributed by atoms with Crippen LogP contribution in [-0.4, -0.2) is 42.5 Å². The molecular weight excluding hydrogens is 276 g/mol. The Bertz CT molecular complexity index is 465. The van der Waals surface area contributed by atoms with Crippen LogP contribution in [0.4, 0.5) is 5.69 Å². The molecule has 0 heterocycles. The van der Waals surface area contributed by atoms with E-state index in [1.54, 1.807) is 12.1 Å². The Morgan fingerprint density at radius 3 is 2.67 bits per heavy atom. The van der Waals surface area contributed by atoms with Crippen LogP contribution < -0.4 is 10.1 Å². The molecule has 7 heteroatoms. The van der Waals surface area contributed by atoms with Gasteiger partial charge in [0.25, 0.3) is 0 Å². The molecule has 0 aliphatic heterocycles. The lowest BCUT2D eigenvalue weighted by atomic mass is 10.1. The van der Waals surface area contributed by atoms with Crippen molar-refractivity contribution in [3.63, 3.8) is 0 Å². The molecule has 0 aliphatic carbocycles. The van der Waals surface area contributed by atoms with E-state index in [1.807, 2.05) is 13.8 Å². The summed E-state index contributed by atoms with van der Waals surface area (Å²) in [5, 5.41) is 23.8. The predicted octanol–water partition coefficient (Wildman–Crippen LogP) is 1.48. The van der Waals surface area contributed by atoms with Gasteiger partial charge in [0.1, 0.15) is 12.7 Å². The normalized spacial score (nSPS) is 12.4. The zero-order chi connectivity index (χ0) is 15.8. The lowest BCUT2D eigenvalue weighted by molar-refractivity contribution is -0.386. The second-order valence-electron chi connectivity index (χ2n) is 5.01. The van der Waals surface area contributed by atoms with Crippen molar-refractivity contribution < 1.29 is 19.5 Å². The van der Waals surface area contributed by atoms with Crippen LogP contribution in [0.5, 0.6) is 5.75 Å². The maximum atomic E-state index is 11.1. The number of nitrogens with zero attached hydrogens (tertiary/aromatic N) is 1. The Kier molecular flexibility index (Phi) is 7.07. The number of methoxy groups -OCH3 is 1. The third-order valence-corrected chi connectivity index (χ3v) is 2.72. The van der Waals surface area contributed by atoms with Crippen LogP contribution in [-0.2, 0) is 11.3 Å². The fourth-order valence-corrected chi connectivity index (χ4v) is 1.69. The van der Waals surface area contributed by atoms with E-state index in [0.717, 1.165) is 5.56 Å². The highest BCUT2D eigenvalue weighted by molar-refractivity contribution is 5.48. The Balaban J connectivity index is 2.77. The maximum Gasteiger partial charge on any atom is 0.311 e. The smallest absolute Gasteiger partial charge is 0.311 e. The van der Waals surface area contributed by atoms with Gasteiger partial charge in [-0.1, -0.05) is 19.9 Å². The molecule has 1 unspecified atom stereocenters. The topological polar surface area (TPSA) is 93.9 Å². The van der Waals surface area contributed by atoms with E-state index < -0.39 is 11.0 Å². The first-order chi connectivity index (χ1) is 9.93.